The first-order valence-corrected chi connectivity index (χ1v) is 10.3. The highest BCUT2D eigenvalue weighted by Crippen LogP contribution is 2.27. The number of aryl methyl sites for hydroxylation is 2. The molecule has 1 amide bonds. The van der Waals surface area contributed by atoms with Crippen molar-refractivity contribution < 1.29 is 19.1 Å². The van der Waals surface area contributed by atoms with Crippen molar-refractivity contribution >= 4 is 45.1 Å². The molecule has 154 valence electrons. The summed E-state index contributed by atoms with van der Waals surface area (Å²) in [7, 11) is 0. The number of ether oxygens (including phenoxy) is 2. The molecule has 3 aromatic rings. The van der Waals surface area contributed by atoms with Crippen molar-refractivity contribution in [1.82, 2.24) is 0 Å². The van der Waals surface area contributed by atoms with Gasteiger partial charge < -0.3 is 14.8 Å². The second kappa shape index (κ2) is 9.78. The molecule has 7 heteroatoms. The molecule has 0 aliphatic carbocycles. The van der Waals surface area contributed by atoms with Gasteiger partial charge in [0, 0.05) is 20.7 Å². The zero-order chi connectivity index (χ0) is 21.7. The van der Waals surface area contributed by atoms with Crippen molar-refractivity contribution in [2.45, 2.75) is 13.8 Å². The second-order valence-corrected chi connectivity index (χ2v) is 7.97. The smallest absolute Gasteiger partial charge is 0.349 e. The van der Waals surface area contributed by atoms with Crippen LogP contribution in [0.2, 0.25) is 5.02 Å². The van der Waals surface area contributed by atoms with E-state index in [4.69, 9.17) is 21.1 Å². The fraction of sp³-hybridized carbons (Fsp3) is 0.130. The highest BCUT2D eigenvalue weighted by molar-refractivity contribution is 9.10. The largest absolute Gasteiger partial charge is 0.481 e. The van der Waals surface area contributed by atoms with Crippen LogP contribution in [0.1, 0.15) is 21.5 Å². The van der Waals surface area contributed by atoms with Gasteiger partial charge >= 0.3 is 5.97 Å². The molecule has 0 aromatic heterocycles. The first-order chi connectivity index (χ1) is 14.3. The van der Waals surface area contributed by atoms with Gasteiger partial charge in [-0.25, -0.2) is 4.79 Å². The first kappa shape index (κ1) is 21.9. The zero-order valence-corrected chi connectivity index (χ0v) is 18.7. The highest BCUT2D eigenvalue weighted by atomic mass is 79.9. The number of benzene rings is 3. The number of hydrogen-bond donors (Lipinski definition) is 1. The number of anilines is 1. The van der Waals surface area contributed by atoms with Gasteiger partial charge in [0.2, 0.25) is 0 Å². The molecular weight excluding hydrogens is 470 g/mol. The maximum absolute atomic E-state index is 12.3. The minimum atomic E-state index is -0.532. The van der Waals surface area contributed by atoms with Crippen molar-refractivity contribution in [3.8, 4) is 11.5 Å². The van der Waals surface area contributed by atoms with Gasteiger partial charge in [-0.3, -0.25) is 4.79 Å². The SMILES string of the molecule is Cc1cc(Br)cc(C)c1OCC(=O)Oc1ccc(C(=O)Nc2ccc(Cl)cc2)cc1. The number of hydrogen-bond acceptors (Lipinski definition) is 4. The fourth-order valence-electron chi connectivity index (χ4n) is 2.83. The number of rotatable bonds is 6. The highest BCUT2D eigenvalue weighted by Gasteiger charge is 2.12. The maximum Gasteiger partial charge on any atom is 0.349 e. The molecule has 0 saturated carbocycles. The quantitative estimate of drug-likeness (QED) is 0.344. The van der Waals surface area contributed by atoms with E-state index in [-0.39, 0.29) is 12.5 Å². The average Bonchev–Trinajstić information content (AvgIpc) is 2.69. The molecule has 0 heterocycles. The van der Waals surface area contributed by atoms with Crippen LogP contribution in [-0.2, 0) is 4.79 Å². The third-order valence-corrected chi connectivity index (χ3v) is 4.92. The van der Waals surface area contributed by atoms with Crippen molar-refractivity contribution in [1.29, 1.82) is 0 Å². The molecule has 0 radical (unpaired) electrons. The summed E-state index contributed by atoms with van der Waals surface area (Å²) in [6.45, 7) is 3.60. The van der Waals surface area contributed by atoms with Gasteiger partial charge in [-0.05, 0) is 85.6 Å². The Morgan fingerprint density at radius 2 is 1.57 bits per heavy atom. The number of carbonyl (C=O) groups is 2. The molecule has 0 saturated heterocycles. The van der Waals surface area contributed by atoms with E-state index in [2.05, 4.69) is 21.2 Å². The average molecular weight is 489 g/mol. The first-order valence-electron chi connectivity index (χ1n) is 9.09. The summed E-state index contributed by atoms with van der Waals surface area (Å²) in [4.78, 5) is 24.4. The lowest BCUT2D eigenvalue weighted by Crippen LogP contribution is -2.18. The molecule has 1 N–H and O–H groups in total. The fourth-order valence-corrected chi connectivity index (χ4v) is 3.64. The Kier molecular flexibility index (Phi) is 7.13. The van der Waals surface area contributed by atoms with Gasteiger partial charge in [-0.1, -0.05) is 27.5 Å². The molecule has 3 aromatic carbocycles. The van der Waals surface area contributed by atoms with E-state index in [1.807, 2.05) is 26.0 Å². The van der Waals surface area contributed by atoms with Crippen LogP contribution in [0.25, 0.3) is 0 Å². The van der Waals surface area contributed by atoms with E-state index in [1.54, 1.807) is 48.5 Å². The molecule has 0 spiro atoms. The van der Waals surface area contributed by atoms with E-state index in [9.17, 15) is 9.59 Å². The van der Waals surface area contributed by atoms with Crippen LogP contribution in [0.4, 0.5) is 5.69 Å². The molecule has 0 fully saturated rings. The topological polar surface area (TPSA) is 64.6 Å². The zero-order valence-electron chi connectivity index (χ0n) is 16.4. The third-order valence-electron chi connectivity index (χ3n) is 4.21. The molecule has 0 aliphatic heterocycles. The molecule has 0 atom stereocenters. The molecule has 0 unspecified atom stereocenters. The lowest BCUT2D eigenvalue weighted by molar-refractivity contribution is -0.136. The van der Waals surface area contributed by atoms with Gasteiger partial charge in [0.05, 0.1) is 0 Å². The summed E-state index contributed by atoms with van der Waals surface area (Å²) in [5.41, 5.74) is 2.91. The molecule has 5 nitrogen and oxygen atoms in total. The third kappa shape index (κ3) is 5.84. The molecule has 30 heavy (non-hydrogen) atoms. The minimum Gasteiger partial charge on any atom is -0.481 e. The van der Waals surface area contributed by atoms with Crippen LogP contribution in [0, 0.1) is 13.8 Å². The van der Waals surface area contributed by atoms with Crippen molar-refractivity contribution in [2.75, 3.05) is 11.9 Å². The van der Waals surface area contributed by atoms with Gasteiger partial charge in [-0.15, -0.1) is 0 Å². The lowest BCUT2D eigenvalue weighted by atomic mass is 10.1. The van der Waals surface area contributed by atoms with Crippen molar-refractivity contribution in [2.24, 2.45) is 0 Å². The predicted molar refractivity (Wildman–Crippen MR) is 121 cm³/mol. The number of esters is 1. The van der Waals surface area contributed by atoms with Gasteiger partial charge in [0.25, 0.3) is 5.91 Å². The Morgan fingerprint density at radius 3 is 2.17 bits per heavy atom. The summed E-state index contributed by atoms with van der Waals surface area (Å²) >= 11 is 9.27. The van der Waals surface area contributed by atoms with Gasteiger partial charge in [0.1, 0.15) is 11.5 Å². The van der Waals surface area contributed by atoms with E-state index in [0.29, 0.717) is 27.8 Å². The Labute approximate surface area is 188 Å². The van der Waals surface area contributed by atoms with E-state index in [1.165, 1.54) is 0 Å². The summed E-state index contributed by atoms with van der Waals surface area (Å²) in [6.07, 6.45) is 0. The van der Waals surface area contributed by atoms with Crippen molar-refractivity contribution in [3.63, 3.8) is 0 Å². The maximum atomic E-state index is 12.3. The van der Waals surface area contributed by atoms with Crippen LogP contribution in [0.3, 0.4) is 0 Å². The summed E-state index contributed by atoms with van der Waals surface area (Å²) in [5.74, 6) is 0.176. The minimum absolute atomic E-state index is 0.220. The molecular formula is C23H19BrClNO4. The molecule has 3 rings (SSSR count). The lowest BCUT2D eigenvalue weighted by Gasteiger charge is -2.12. The number of nitrogens with one attached hydrogen (secondary N) is 1. The van der Waals surface area contributed by atoms with Gasteiger partial charge in [0.15, 0.2) is 6.61 Å². The van der Waals surface area contributed by atoms with E-state index < -0.39 is 5.97 Å². The Balaban J connectivity index is 1.55. The van der Waals surface area contributed by atoms with Crippen molar-refractivity contribution in [3.05, 3.63) is 86.8 Å². The van der Waals surface area contributed by atoms with Gasteiger partial charge in [-0.2, -0.15) is 0 Å². The van der Waals surface area contributed by atoms with Crippen LogP contribution >= 0.6 is 27.5 Å². The monoisotopic (exact) mass is 487 g/mol. The second-order valence-electron chi connectivity index (χ2n) is 6.62. The number of amides is 1. The Bertz CT molecular complexity index is 1040. The standard InChI is InChI=1S/C23H19BrClNO4/c1-14-11-17(24)12-15(2)22(14)29-13-21(27)30-20-9-3-16(4-10-20)23(28)26-19-7-5-18(25)6-8-19/h3-12H,13H2,1-2H3,(H,26,28). The molecule has 0 bridgehead atoms. The van der Waals surface area contributed by atoms with Crippen LogP contribution in [-0.4, -0.2) is 18.5 Å². The summed E-state index contributed by atoms with van der Waals surface area (Å²) in [6, 6.07) is 16.9. The molecule has 0 aliphatic rings. The predicted octanol–water partition coefficient (Wildman–Crippen LogP) is 5.96. The normalized spacial score (nSPS) is 10.4. The van der Waals surface area contributed by atoms with E-state index in [0.717, 1.165) is 15.6 Å². The summed E-state index contributed by atoms with van der Waals surface area (Å²) in [5, 5.41) is 3.36. The Hall–Kier alpha value is -2.83. The number of carbonyl (C=O) groups excluding carboxylic acids is 2. The number of halogens is 2. The Morgan fingerprint density at radius 1 is 0.967 bits per heavy atom. The summed E-state index contributed by atoms with van der Waals surface area (Å²) < 4.78 is 11.9. The van der Waals surface area contributed by atoms with Crippen LogP contribution < -0.4 is 14.8 Å². The van der Waals surface area contributed by atoms with Crippen LogP contribution in [0.15, 0.2) is 65.1 Å². The van der Waals surface area contributed by atoms with Crippen LogP contribution in [0.5, 0.6) is 11.5 Å². The van der Waals surface area contributed by atoms with E-state index >= 15 is 0 Å².